The average Bonchev–Trinajstić information content (AvgIpc) is 2.54. The minimum atomic E-state index is 0.958. The van der Waals surface area contributed by atoms with E-state index in [2.05, 4.69) is 42.9 Å². The largest absolute Gasteiger partial charge is 0.345 e. The fourth-order valence-corrected chi connectivity index (χ4v) is 1.96. The van der Waals surface area contributed by atoms with Gasteiger partial charge in [0.15, 0.2) is 0 Å². The van der Waals surface area contributed by atoms with Crippen molar-refractivity contribution in [2.75, 3.05) is 0 Å². The number of aromatic amines is 1. The summed E-state index contributed by atoms with van der Waals surface area (Å²) in [6.45, 7) is 6.36. The molecular weight excluding hydrogens is 172 g/mol. The first-order valence-corrected chi connectivity index (χ1v) is 4.76. The second-order valence-electron chi connectivity index (χ2n) is 3.71. The summed E-state index contributed by atoms with van der Waals surface area (Å²) in [6, 6.07) is 4.37. The molecule has 1 N–H and O–H groups in total. The van der Waals surface area contributed by atoms with Gasteiger partial charge >= 0.3 is 0 Å². The van der Waals surface area contributed by atoms with E-state index in [0.717, 1.165) is 5.82 Å². The van der Waals surface area contributed by atoms with Gasteiger partial charge in [0.25, 0.3) is 0 Å². The van der Waals surface area contributed by atoms with Crippen LogP contribution >= 0.6 is 0 Å². The van der Waals surface area contributed by atoms with Crippen LogP contribution in [0, 0.1) is 20.8 Å². The maximum atomic E-state index is 4.28. The van der Waals surface area contributed by atoms with Crippen LogP contribution in [-0.2, 0) is 0 Å². The summed E-state index contributed by atoms with van der Waals surface area (Å²) in [5.41, 5.74) is 5.07. The third-order valence-corrected chi connectivity index (χ3v) is 2.41. The molecule has 0 radical (unpaired) electrons. The molecule has 1 aromatic heterocycles. The zero-order valence-electron chi connectivity index (χ0n) is 8.76. The quantitative estimate of drug-likeness (QED) is 0.728. The van der Waals surface area contributed by atoms with Crippen molar-refractivity contribution < 1.29 is 0 Å². The maximum absolute atomic E-state index is 4.28. The molecule has 0 fully saturated rings. The number of aryl methyl sites for hydroxylation is 3. The Balaban J connectivity index is 2.64. The molecule has 2 rings (SSSR count). The van der Waals surface area contributed by atoms with Crippen LogP contribution in [0.1, 0.15) is 16.7 Å². The fraction of sp³-hybridized carbons (Fsp3) is 0.250. The van der Waals surface area contributed by atoms with Crippen LogP contribution in [0.2, 0.25) is 0 Å². The summed E-state index contributed by atoms with van der Waals surface area (Å²) in [7, 11) is 0. The highest BCUT2D eigenvalue weighted by Gasteiger charge is 2.07. The van der Waals surface area contributed by atoms with Crippen LogP contribution in [0.4, 0.5) is 0 Å². The maximum Gasteiger partial charge on any atom is 0.137 e. The molecule has 0 saturated heterocycles. The summed E-state index contributed by atoms with van der Waals surface area (Å²) in [6.07, 6.45) is 3.64. The normalized spacial score (nSPS) is 10.5. The van der Waals surface area contributed by atoms with Crippen molar-refractivity contribution in [3.05, 3.63) is 41.2 Å². The van der Waals surface area contributed by atoms with E-state index >= 15 is 0 Å². The third kappa shape index (κ3) is 1.43. The highest BCUT2D eigenvalue weighted by atomic mass is 14.9. The lowest BCUT2D eigenvalue weighted by Crippen LogP contribution is -1.91. The van der Waals surface area contributed by atoms with E-state index < -0.39 is 0 Å². The molecule has 2 aromatic rings. The molecule has 72 valence electrons. The Morgan fingerprint density at radius 3 is 2.21 bits per heavy atom. The Hall–Kier alpha value is -1.57. The van der Waals surface area contributed by atoms with Gasteiger partial charge in [-0.3, -0.25) is 0 Å². The van der Waals surface area contributed by atoms with Crippen LogP contribution in [0.3, 0.4) is 0 Å². The summed E-state index contributed by atoms with van der Waals surface area (Å²) < 4.78 is 0. The van der Waals surface area contributed by atoms with E-state index in [0.29, 0.717) is 0 Å². The number of H-pyrrole nitrogens is 1. The average molecular weight is 186 g/mol. The summed E-state index contributed by atoms with van der Waals surface area (Å²) >= 11 is 0. The molecule has 0 aliphatic carbocycles. The molecule has 2 heteroatoms. The minimum absolute atomic E-state index is 0.958. The number of imidazole rings is 1. The molecule has 0 aliphatic heterocycles. The van der Waals surface area contributed by atoms with Gasteiger partial charge in [0.05, 0.1) is 0 Å². The lowest BCUT2D eigenvalue weighted by molar-refractivity contribution is 1.24. The highest BCUT2D eigenvalue weighted by Crippen LogP contribution is 2.24. The number of hydrogen-bond donors (Lipinski definition) is 1. The Morgan fingerprint density at radius 2 is 1.71 bits per heavy atom. The zero-order chi connectivity index (χ0) is 10.1. The lowest BCUT2D eigenvalue weighted by atomic mass is 9.99. The van der Waals surface area contributed by atoms with Gasteiger partial charge in [-0.1, -0.05) is 17.7 Å². The molecule has 0 amide bonds. The predicted molar refractivity (Wildman–Crippen MR) is 58.2 cm³/mol. The van der Waals surface area contributed by atoms with Crippen molar-refractivity contribution >= 4 is 0 Å². The topological polar surface area (TPSA) is 28.7 Å². The SMILES string of the molecule is Cc1cc(C)c(-c2ncc[nH]2)c(C)c1. The van der Waals surface area contributed by atoms with E-state index in [9.17, 15) is 0 Å². The summed E-state index contributed by atoms with van der Waals surface area (Å²) in [5, 5.41) is 0. The van der Waals surface area contributed by atoms with E-state index in [-0.39, 0.29) is 0 Å². The Kier molecular flexibility index (Phi) is 2.12. The predicted octanol–water partition coefficient (Wildman–Crippen LogP) is 3.00. The first-order chi connectivity index (χ1) is 6.68. The molecule has 0 aliphatic rings. The first kappa shape index (κ1) is 9.00. The second kappa shape index (κ2) is 3.29. The van der Waals surface area contributed by atoms with Crippen molar-refractivity contribution in [2.24, 2.45) is 0 Å². The highest BCUT2D eigenvalue weighted by molar-refractivity contribution is 5.65. The van der Waals surface area contributed by atoms with E-state index in [1.165, 1.54) is 22.3 Å². The van der Waals surface area contributed by atoms with Crippen LogP contribution in [0.15, 0.2) is 24.5 Å². The molecule has 14 heavy (non-hydrogen) atoms. The molecule has 0 bridgehead atoms. The minimum Gasteiger partial charge on any atom is -0.345 e. The van der Waals surface area contributed by atoms with Crippen molar-refractivity contribution in [3.63, 3.8) is 0 Å². The van der Waals surface area contributed by atoms with Crippen LogP contribution < -0.4 is 0 Å². The number of hydrogen-bond acceptors (Lipinski definition) is 1. The number of benzene rings is 1. The van der Waals surface area contributed by atoms with E-state index in [1.807, 2.05) is 6.20 Å². The van der Waals surface area contributed by atoms with Crippen molar-refractivity contribution in [3.8, 4) is 11.4 Å². The Bertz CT molecular complexity index is 418. The second-order valence-corrected chi connectivity index (χ2v) is 3.71. The Labute approximate surface area is 84.0 Å². The van der Waals surface area contributed by atoms with Gasteiger partial charge in [0, 0.05) is 18.0 Å². The van der Waals surface area contributed by atoms with Crippen LogP contribution in [0.5, 0.6) is 0 Å². The van der Waals surface area contributed by atoms with Crippen molar-refractivity contribution in [1.29, 1.82) is 0 Å². The van der Waals surface area contributed by atoms with Gasteiger partial charge in [0.1, 0.15) is 5.82 Å². The Morgan fingerprint density at radius 1 is 1.07 bits per heavy atom. The molecule has 1 heterocycles. The van der Waals surface area contributed by atoms with Gasteiger partial charge in [-0.25, -0.2) is 4.98 Å². The van der Waals surface area contributed by atoms with E-state index in [4.69, 9.17) is 0 Å². The van der Waals surface area contributed by atoms with Gasteiger partial charge < -0.3 is 4.98 Å². The van der Waals surface area contributed by atoms with Crippen molar-refractivity contribution in [2.45, 2.75) is 20.8 Å². The van der Waals surface area contributed by atoms with Gasteiger partial charge in [-0.05, 0) is 31.9 Å². The smallest absolute Gasteiger partial charge is 0.137 e. The van der Waals surface area contributed by atoms with Crippen molar-refractivity contribution in [1.82, 2.24) is 9.97 Å². The monoisotopic (exact) mass is 186 g/mol. The molecule has 0 unspecified atom stereocenters. The number of nitrogens with one attached hydrogen (secondary N) is 1. The third-order valence-electron chi connectivity index (χ3n) is 2.41. The van der Waals surface area contributed by atoms with E-state index in [1.54, 1.807) is 6.20 Å². The van der Waals surface area contributed by atoms with Gasteiger partial charge in [-0.15, -0.1) is 0 Å². The van der Waals surface area contributed by atoms with Crippen LogP contribution in [0.25, 0.3) is 11.4 Å². The number of aromatic nitrogens is 2. The molecule has 1 aromatic carbocycles. The first-order valence-electron chi connectivity index (χ1n) is 4.76. The zero-order valence-corrected chi connectivity index (χ0v) is 8.76. The fourth-order valence-electron chi connectivity index (χ4n) is 1.96. The summed E-state index contributed by atoms with van der Waals surface area (Å²) in [5.74, 6) is 0.958. The molecule has 2 nitrogen and oxygen atoms in total. The summed E-state index contributed by atoms with van der Waals surface area (Å²) in [4.78, 5) is 7.43. The van der Waals surface area contributed by atoms with Crippen LogP contribution in [-0.4, -0.2) is 9.97 Å². The lowest BCUT2D eigenvalue weighted by Gasteiger charge is -2.08. The molecule has 0 atom stereocenters. The number of nitrogens with zero attached hydrogens (tertiary/aromatic N) is 1. The van der Waals surface area contributed by atoms with Gasteiger partial charge in [0.2, 0.25) is 0 Å². The molecular formula is C12H14N2. The number of rotatable bonds is 1. The molecule has 0 saturated carbocycles. The standard InChI is InChI=1S/C12H14N2/c1-8-6-9(2)11(10(3)7-8)12-13-4-5-14-12/h4-7H,1-3H3,(H,13,14). The molecule has 0 spiro atoms. The van der Waals surface area contributed by atoms with Gasteiger partial charge in [-0.2, -0.15) is 0 Å².